The lowest BCUT2D eigenvalue weighted by molar-refractivity contribution is -0.118. The number of carbonyl (C=O) groups excluding carboxylic acids is 2. The molecule has 0 aliphatic rings. The number of Topliss-reactive ketones (excluding diaryl/α,β-unsaturated/α-hetero) is 1. The van der Waals surface area contributed by atoms with E-state index >= 15 is 0 Å². The Hall–Kier alpha value is -2.62. The zero-order valence-corrected chi connectivity index (χ0v) is 13.0. The molecule has 0 aliphatic heterocycles. The largest absolute Gasteiger partial charge is 0.484 e. The fraction of sp³-hybridized carbons (Fsp3) is 0.222. The number of anilines is 1. The molecule has 0 saturated heterocycles. The topological polar surface area (TPSA) is 55.4 Å². The third kappa shape index (κ3) is 4.19. The highest BCUT2D eigenvalue weighted by atomic mass is 16.5. The molecule has 0 spiro atoms. The zero-order chi connectivity index (χ0) is 16.1. The molecule has 0 heterocycles. The molecular formula is C18H19NO3. The summed E-state index contributed by atoms with van der Waals surface area (Å²) >= 11 is 0. The van der Waals surface area contributed by atoms with Gasteiger partial charge in [-0.3, -0.25) is 9.59 Å². The average molecular weight is 297 g/mol. The van der Waals surface area contributed by atoms with Crippen molar-refractivity contribution < 1.29 is 14.3 Å². The summed E-state index contributed by atoms with van der Waals surface area (Å²) in [4.78, 5) is 23.3. The molecule has 22 heavy (non-hydrogen) atoms. The van der Waals surface area contributed by atoms with Crippen LogP contribution in [0.25, 0.3) is 0 Å². The van der Waals surface area contributed by atoms with Gasteiger partial charge in [-0.2, -0.15) is 0 Å². The lowest BCUT2D eigenvalue weighted by Gasteiger charge is -2.09. The molecular weight excluding hydrogens is 278 g/mol. The van der Waals surface area contributed by atoms with Crippen molar-refractivity contribution in [1.82, 2.24) is 0 Å². The minimum atomic E-state index is -0.239. The van der Waals surface area contributed by atoms with E-state index in [2.05, 4.69) is 5.32 Å². The SMILES string of the molecule is CC(=O)c1ccc(NC(=O)COc2cccc(C)c2)cc1C. The fourth-order valence-corrected chi connectivity index (χ4v) is 2.19. The van der Waals surface area contributed by atoms with E-state index in [0.717, 1.165) is 11.1 Å². The van der Waals surface area contributed by atoms with Gasteiger partial charge >= 0.3 is 0 Å². The Balaban J connectivity index is 1.95. The van der Waals surface area contributed by atoms with Gasteiger partial charge in [0.2, 0.25) is 0 Å². The van der Waals surface area contributed by atoms with Crippen molar-refractivity contribution in [2.24, 2.45) is 0 Å². The predicted molar refractivity (Wildman–Crippen MR) is 86.5 cm³/mol. The van der Waals surface area contributed by atoms with Gasteiger partial charge in [0.25, 0.3) is 5.91 Å². The van der Waals surface area contributed by atoms with Gasteiger partial charge in [-0.25, -0.2) is 0 Å². The van der Waals surface area contributed by atoms with Crippen LogP contribution < -0.4 is 10.1 Å². The van der Waals surface area contributed by atoms with Crippen LogP contribution in [0.1, 0.15) is 28.4 Å². The van der Waals surface area contributed by atoms with Crippen LogP contribution in [0.2, 0.25) is 0 Å². The van der Waals surface area contributed by atoms with Crippen LogP contribution in [-0.4, -0.2) is 18.3 Å². The quantitative estimate of drug-likeness (QED) is 0.859. The minimum absolute atomic E-state index is 0.0122. The summed E-state index contributed by atoms with van der Waals surface area (Å²) in [6.07, 6.45) is 0. The van der Waals surface area contributed by atoms with Crippen molar-refractivity contribution in [2.45, 2.75) is 20.8 Å². The first kappa shape index (κ1) is 15.8. The lowest BCUT2D eigenvalue weighted by atomic mass is 10.0. The molecule has 0 saturated carbocycles. The van der Waals surface area contributed by atoms with Crippen LogP contribution in [0.3, 0.4) is 0 Å². The average Bonchev–Trinajstić information content (AvgIpc) is 2.45. The third-order valence-electron chi connectivity index (χ3n) is 3.25. The summed E-state index contributed by atoms with van der Waals surface area (Å²) in [6.45, 7) is 5.27. The lowest BCUT2D eigenvalue weighted by Crippen LogP contribution is -2.20. The molecule has 4 nitrogen and oxygen atoms in total. The highest BCUT2D eigenvalue weighted by Gasteiger charge is 2.07. The van der Waals surface area contributed by atoms with Gasteiger partial charge in [0, 0.05) is 11.3 Å². The van der Waals surface area contributed by atoms with Crippen LogP contribution >= 0.6 is 0 Å². The van der Waals surface area contributed by atoms with Gasteiger partial charge in [0.1, 0.15) is 5.75 Å². The van der Waals surface area contributed by atoms with Crippen LogP contribution in [0.4, 0.5) is 5.69 Å². The Morgan fingerprint density at radius 2 is 1.86 bits per heavy atom. The Labute approximate surface area is 130 Å². The number of rotatable bonds is 5. The van der Waals surface area contributed by atoms with Gasteiger partial charge in [-0.05, 0) is 62.2 Å². The van der Waals surface area contributed by atoms with Crippen molar-refractivity contribution in [2.75, 3.05) is 11.9 Å². The zero-order valence-electron chi connectivity index (χ0n) is 13.0. The predicted octanol–water partition coefficient (Wildman–Crippen LogP) is 3.52. The van der Waals surface area contributed by atoms with Gasteiger partial charge < -0.3 is 10.1 Å². The van der Waals surface area contributed by atoms with Crippen LogP contribution in [0.15, 0.2) is 42.5 Å². The number of benzene rings is 2. The van der Waals surface area contributed by atoms with Crippen molar-refractivity contribution in [1.29, 1.82) is 0 Å². The van der Waals surface area contributed by atoms with E-state index in [0.29, 0.717) is 17.0 Å². The second-order valence-corrected chi connectivity index (χ2v) is 5.24. The van der Waals surface area contributed by atoms with Gasteiger partial charge in [-0.1, -0.05) is 12.1 Å². The Morgan fingerprint density at radius 3 is 2.50 bits per heavy atom. The van der Waals surface area contributed by atoms with Crippen molar-refractivity contribution in [3.63, 3.8) is 0 Å². The highest BCUT2D eigenvalue weighted by Crippen LogP contribution is 2.16. The van der Waals surface area contributed by atoms with E-state index in [1.807, 2.05) is 38.1 Å². The van der Waals surface area contributed by atoms with Gasteiger partial charge in [0.15, 0.2) is 12.4 Å². The first-order valence-corrected chi connectivity index (χ1v) is 7.06. The first-order valence-electron chi connectivity index (χ1n) is 7.06. The number of ether oxygens (including phenoxy) is 1. The van der Waals surface area contributed by atoms with Crippen LogP contribution in [-0.2, 0) is 4.79 Å². The van der Waals surface area contributed by atoms with Crippen molar-refractivity contribution in [3.8, 4) is 5.75 Å². The molecule has 0 aliphatic carbocycles. The normalized spacial score (nSPS) is 10.1. The van der Waals surface area contributed by atoms with E-state index in [1.54, 1.807) is 18.2 Å². The summed E-state index contributed by atoms with van der Waals surface area (Å²) < 4.78 is 5.45. The number of ketones is 1. The highest BCUT2D eigenvalue weighted by molar-refractivity contribution is 5.97. The minimum Gasteiger partial charge on any atom is -0.484 e. The fourth-order valence-electron chi connectivity index (χ4n) is 2.19. The molecule has 2 aromatic carbocycles. The Morgan fingerprint density at radius 1 is 1.09 bits per heavy atom. The Kier molecular flexibility index (Phi) is 4.94. The van der Waals surface area contributed by atoms with E-state index in [4.69, 9.17) is 4.74 Å². The number of hydrogen-bond acceptors (Lipinski definition) is 3. The maximum absolute atomic E-state index is 11.9. The molecule has 0 radical (unpaired) electrons. The molecule has 2 aromatic rings. The van der Waals surface area contributed by atoms with E-state index in [1.165, 1.54) is 6.92 Å². The van der Waals surface area contributed by atoms with E-state index in [9.17, 15) is 9.59 Å². The van der Waals surface area contributed by atoms with Crippen molar-refractivity contribution in [3.05, 3.63) is 59.2 Å². The maximum Gasteiger partial charge on any atom is 0.262 e. The second kappa shape index (κ2) is 6.89. The monoisotopic (exact) mass is 297 g/mol. The van der Waals surface area contributed by atoms with E-state index < -0.39 is 0 Å². The number of carbonyl (C=O) groups is 2. The van der Waals surface area contributed by atoms with Crippen LogP contribution in [0.5, 0.6) is 5.75 Å². The third-order valence-corrected chi connectivity index (χ3v) is 3.25. The number of nitrogens with one attached hydrogen (secondary N) is 1. The molecule has 0 aromatic heterocycles. The summed E-state index contributed by atoms with van der Waals surface area (Å²) in [5.41, 5.74) is 3.23. The number of amides is 1. The summed E-state index contributed by atoms with van der Waals surface area (Å²) in [5, 5.41) is 2.76. The second-order valence-electron chi connectivity index (χ2n) is 5.24. The first-order chi connectivity index (χ1) is 10.5. The summed E-state index contributed by atoms with van der Waals surface area (Å²) in [6, 6.07) is 12.7. The summed E-state index contributed by atoms with van der Waals surface area (Å²) in [7, 11) is 0. The molecule has 0 atom stereocenters. The molecule has 1 amide bonds. The molecule has 0 unspecified atom stereocenters. The molecule has 1 N–H and O–H groups in total. The van der Waals surface area contributed by atoms with Gasteiger partial charge in [0.05, 0.1) is 0 Å². The molecule has 2 rings (SSSR count). The van der Waals surface area contributed by atoms with Crippen molar-refractivity contribution >= 4 is 17.4 Å². The number of hydrogen-bond donors (Lipinski definition) is 1. The standard InChI is InChI=1S/C18H19NO3/c1-12-5-4-6-16(9-12)22-11-18(21)19-15-7-8-17(14(3)20)13(2)10-15/h4-10H,11H2,1-3H3,(H,19,21). The maximum atomic E-state index is 11.9. The molecule has 0 bridgehead atoms. The smallest absolute Gasteiger partial charge is 0.262 e. The molecule has 0 fully saturated rings. The van der Waals surface area contributed by atoms with Crippen LogP contribution in [0, 0.1) is 13.8 Å². The molecule has 4 heteroatoms. The number of aryl methyl sites for hydroxylation is 2. The van der Waals surface area contributed by atoms with Gasteiger partial charge in [-0.15, -0.1) is 0 Å². The van der Waals surface area contributed by atoms with E-state index in [-0.39, 0.29) is 18.3 Å². The summed E-state index contributed by atoms with van der Waals surface area (Å²) in [5.74, 6) is 0.438. The Bertz CT molecular complexity index is 707. The molecule has 114 valence electrons.